The molecule has 0 bridgehead atoms. The van der Waals surface area contributed by atoms with Crippen molar-refractivity contribution in [2.45, 2.75) is 6.04 Å². The summed E-state index contributed by atoms with van der Waals surface area (Å²) in [5.74, 6) is -0.145. The predicted octanol–water partition coefficient (Wildman–Crippen LogP) is 2.44. The lowest BCUT2D eigenvalue weighted by molar-refractivity contribution is 0.0516. The number of benzene rings is 2. The highest BCUT2D eigenvalue weighted by Gasteiger charge is 2.29. The molecule has 0 saturated heterocycles. The van der Waals surface area contributed by atoms with E-state index in [1.165, 1.54) is 13.4 Å². The van der Waals surface area contributed by atoms with Gasteiger partial charge in [0.1, 0.15) is 35.6 Å². The number of fused-ring (bicyclic) bond motifs is 3. The molecule has 0 aliphatic rings. The highest BCUT2D eigenvalue weighted by Crippen LogP contribution is 2.45. The lowest BCUT2D eigenvalue weighted by atomic mass is 9.90. The molecule has 0 radical (unpaired) electrons. The van der Waals surface area contributed by atoms with Crippen molar-refractivity contribution >= 4 is 27.7 Å². The van der Waals surface area contributed by atoms with Crippen molar-refractivity contribution in [1.82, 2.24) is 10.3 Å². The second-order valence-corrected chi connectivity index (χ2v) is 7.02. The molecule has 0 aliphatic carbocycles. The molecule has 1 unspecified atom stereocenters. The topological polar surface area (TPSA) is 140 Å². The number of esters is 1. The first kappa shape index (κ1) is 21.6. The Morgan fingerprint density at radius 3 is 2.72 bits per heavy atom. The first-order chi connectivity index (χ1) is 15.6. The summed E-state index contributed by atoms with van der Waals surface area (Å²) in [4.78, 5) is 16.7. The average molecular weight is 437 g/mol. The van der Waals surface area contributed by atoms with Crippen molar-refractivity contribution in [1.29, 1.82) is 0 Å². The highest BCUT2D eigenvalue weighted by atomic mass is 16.5. The second-order valence-electron chi connectivity index (χ2n) is 7.02. The van der Waals surface area contributed by atoms with E-state index in [9.17, 15) is 15.0 Å². The number of phenolic OH excluding ortho intramolecular Hbond substituents is 1. The maximum absolute atomic E-state index is 12.7. The zero-order valence-corrected chi connectivity index (χ0v) is 17.4. The minimum absolute atomic E-state index is 0.0365. The van der Waals surface area contributed by atoms with Gasteiger partial charge in [-0.25, -0.2) is 4.79 Å². The average Bonchev–Trinajstić information content (AvgIpc) is 3.26. The molecule has 2 aromatic carbocycles. The Morgan fingerprint density at radius 2 is 2.03 bits per heavy atom. The van der Waals surface area contributed by atoms with Crippen molar-refractivity contribution in [2.24, 2.45) is 5.73 Å². The van der Waals surface area contributed by atoms with Crippen LogP contribution in [0.15, 0.2) is 53.4 Å². The standard InChI is InChI=1S/C23H23N3O6/c1-30-14-2-3-15-16(10-14)22-18(17(11-31-22)23(29)32-12-24)19(21(15)28)20(26-8-9-27)13-4-6-25-7-5-13/h2-7,10-11,20,26-28H,8-9,12,24H2,1H3. The maximum Gasteiger partial charge on any atom is 0.343 e. The van der Waals surface area contributed by atoms with Crippen LogP contribution in [0.2, 0.25) is 0 Å². The van der Waals surface area contributed by atoms with E-state index in [1.54, 1.807) is 42.7 Å². The van der Waals surface area contributed by atoms with E-state index in [4.69, 9.17) is 19.6 Å². The van der Waals surface area contributed by atoms with Gasteiger partial charge in [-0.05, 0) is 35.9 Å². The van der Waals surface area contributed by atoms with E-state index in [1.807, 2.05) is 0 Å². The maximum atomic E-state index is 12.7. The monoisotopic (exact) mass is 437 g/mol. The third-order valence-electron chi connectivity index (χ3n) is 5.26. The summed E-state index contributed by atoms with van der Waals surface area (Å²) in [5.41, 5.74) is 7.11. The summed E-state index contributed by atoms with van der Waals surface area (Å²) in [5, 5.41) is 25.6. The summed E-state index contributed by atoms with van der Waals surface area (Å²) in [6.07, 6.45) is 4.55. The predicted molar refractivity (Wildman–Crippen MR) is 118 cm³/mol. The molecule has 32 heavy (non-hydrogen) atoms. The Morgan fingerprint density at radius 1 is 1.25 bits per heavy atom. The summed E-state index contributed by atoms with van der Waals surface area (Å²) in [6.45, 7) is -0.177. The van der Waals surface area contributed by atoms with Gasteiger partial charge in [-0.1, -0.05) is 0 Å². The number of aromatic nitrogens is 1. The zero-order valence-electron chi connectivity index (χ0n) is 17.4. The summed E-state index contributed by atoms with van der Waals surface area (Å²) in [6, 6.07) is 8.18. The normalized spacial score (nSPS) is 12.2. The fraction of sp³-hybridized carbons (Fsp3) is 0.217. The van der Waals surface area contributed by atoms with Crippen molar-refractivity contribution in [3.8, 4) is 11.5 Å². The first-order valence-corrected chi connectivity index (χ1v) is 9.95. The molecule has 5 N–H and O–H groups in total. The minimum Gasteiger partial charge on any atom is -0.507 e. The van der Waals surface area contributed by atoms with E-state index < -0.39 is 12.0 Å². The van der Waals surface area contributed by atoms with Crippen molar-refractivity contribution in [3.05, 3.63) is 65.7 Å². The molecule has 4 aromatic rings. The van der Waals surface area contributed by atoms with Gasteiger partial charge < -0.3 is 29.4 Å². The van der Waals surface area contributed by atoms with Gasteiger partial charge in [-0.3, -0.25) is 10.7 Å². The molecule has 4 rings (SSSR count). The number of carbonyl (C=O) groups is 1. The molecule has 9 nitrogen and oxygen atoms in total. The fourth-order valence-corrected chi connectivity index (χ4v) is 3.87. The number of nitrogens with zero attached hydrogens (tertiary/aromatic N) is 1. The van der Waals surface area contributed by atoms with E-state index >= 15 is 0 Å². The highest BCUT2D eigenvalue weighted by molar-refractivity contribution is 6.16. The lowest BCUT2D eigenvalue weighted by Crippen LogP contribution is -2.26. The van der Waals surface area contributed by atoms with Crippen molar-refractivity contribution in [3.63, 3.8) is 0 Å². The minimum atomic E-state index is -0.676. The molecule has 0 amide bonds. The van der Waals surface area contributed by atoms with Crippen LogP contribution in [0.3, 0.4) is 0 Å². The molecule has 0 fully saturated rings. The largest absolute Gasteiger partial charge is 0.507 e. The summed E-state index contributed by atoms with van der Waals surface area (Å²) in [7, 11) is 1.54. The van der Waals surface area contributed by atoms with Gasteiger partial charge in [0.05, 0.1) is 19.8 Å². The number of nitrogens with two attached hydrogens (primary N) is 1. The number of aliphatic hydroxyl groups is 1. The van der Waals surface area contributed by atoms with Crippen LogP contribution in [0, 0.1) is 0 Å². The van der Waals surface area contributed by atoms with E-state index in [-0.39, 0.29) is 31.2 Å². The summed E-state index contributed by atoms with van der Waals surface area (Å²) < 4.78 is 16.2. The number of aliphatic hydroxyl groups excluding tert-OH is 1. The van der Waals surface area contributed by atoms with Gasteiger partial charge in [-0.15, -0.1) is 0 Å². The number of aromatic hydroxyl groups is 1. The molecule has 0 spiro atoms. The lowest BCUT2D eigenvalue weighted by Gasteiger charge is -2.23. The van der Waals surface area contributed by atoms with Gasteiger partial charge in [-0.2, -0.15) is 0 Å². The SMILES string of the molecule is COc1ccc2c(O)c(C(NCCO)c3ccncc3)c3c(C(=O)OCN)coc3c2c1. The van der Waals surface area contributed by atoms with Crippen LogP contribution in [-0.2, 0) is 4.74 Å². The van der Waals surface area contributed by atoms with Crippen LogP contribution >= 0.6 is 0 Å². The second kappa shape index (κ2) is 9.23. The molecule has 2 aromatic heterocycles. The quantitative estimate of drug-likeness (QED) is 0.242. The number of furan rings is 1. The molecular weight excluding hydrogens is 414 g/mol. The number of hydrogen-bond donors (Lipinski definition) is 4. The number of hydrogen-bond acceptors (Lipinski definition) is 9. The number of nitrogens with one attached hydrogen (secondary N) is 1. The number of phenols is 1. The van der Waals surface area contributed by atoms with E-state index in [0.717, 1.165) is 5.56 Å². The van der Waals surface area contributed by atoms with Crippen LogP contribution < -0.4 is 15.8 Å². The third-order valence-corrected chi connectivity index (χ3v) is 5.26. The summed E-state index contributed by atoms with van der Waals surface area (Å²) >= 11 is 0. The van der Waals surface area contributed by atoms with Crippen molar-refractivity contribution in [2.75, 3.05) is 27.0 Å². The Kier molecular flexibility index (Phi) is 6.22. The van der Waals surface area contributed by atoms with Gasteiger partial charge in [0, 0.05) is 40.7 Å². The molecule has 0 saturated carbocycles. The molecule has 166 valence electrons. The Labute approximate surface area is 183 Å². The zero-order chi connectivity index (χ0) is 22.7. The molecule has 0 aliphatic heterocycles. The number of carbonyl (C=O) groups excluding carboxylic acids is 1. The van der Waals surface area contributed by atoms with Gasteiger partial charge in [0.25, 0.3) is 0 Å². The van der Waals surface area contributed by atoms with Gasteiger partial charge in [0.2, 0.25) is 0 Å². The number of methoxy groups -OCH3 is 1. The van der Waals surface area contributed by atoms with Crippen molar-refractivity contribution < 1.29 is 28.9 Å². The van der Waals surface area contributed by atoms with Crippen LogP contribution in [-0.4, -0.2) is 48.2 Å². The third kappa shape index (κ3) is 3.73. The molecular formula is C23H23N3O6. The fourth-order valence-electron chi connectivity index (χ4n) is 3.87. The number of rotatable bonds is 8. The number of pyridine rings is 1. The Bertz CT molecular complexity index is 1260. The number of ether oxygens (including phenoxy) is 2. The molecule has 2 heterocycles. The smallest absolute Gasteiger partial charge is 0.343 e. The Balaban J connectivity index is 2.09. The van der Waals surface area contributed by atoms with Gasteiger partial charge in [0.15, 0.2) is 0 Å². The van der Waals surface area contributed by atoms with E-state index in [2.05, 4.69) is 10.3 Å². The van der Waals surface area contributed by atoms with Crippen LogP contribution in [0.25, 0.3) is 21.7 Å². The Hall–Kier alpha value is -3.66. The molecule has 9 heteroatoms. The van der Waals surface area contributed by atoms with Gasteiger partial charge >= 0.3 is 5.97 Å². The molecule has 1 atom stereocenters. The van der Waals surface area contributed by atoms with Crippen LogP contribution in [0.1, 0.15) is 27.5 Å². The first-order valence-electron chi connectivity index (χ1n) is 9.95. The van der Waals surface area contributed by atoms with Crippen LogP contribution in [0.4, 0.5) is 0 Å². The van der Waals surface area contributed by atoms with Crippen LogP contribution in [0.5, 0.6) is 11.5 Å². The van der Waals surface area contributed by atoms with E-state index in [0.29, 0.717) is 33.1 Å².